The highest BCUT2D eigenvalue weighted by atomic mass is 19.4. The molecule has 2 fully saturated rings. The lowest BCUT2D eigenvalue weighted by molar-refractivity contribution is -0.137. The third-order valence-corrected chi connectivity index (χ3v) is 6.50. The number of hydrogen-bond donors (Lipinski definition) is 1. The monoisotopic (exact) mass is 504 g/mol. The number of hydrogen-bond acceptors (Lipinski definition) is 6. The number of Topliss-reactive ketones (excluding diaryl/α,β-unsaturated/α-hetero) is 2. The van der Waals surface area contributed by atoms with Gasteiger partial charge in [0, 0.05) is 17.4 Å². The number of halogens is 3. The number of ether oxygens (including phenoxy) is 3. The molecular weight excluding hydrogens is 477 g/mol. The lowest BCUT2D eigenvalue weighted by atomic mass is 9.81. The third kappa shape index (κ3) is 6.03. The molecule has 0 heterocycles. The largest absolute Gasteiger partial charge is 0.506 e. The second-order valence-electron chi connectivity index (χ2n) is 8.94. The van der Waals surface area contributed by atoms with Gasteiger partial charge in [-0.05, 0) is 42.5 Å². The molecule has 2 bridgehead atoms. The Morgan fingerprint density at radius 2 is 1.56 bits per heavy atom. The number of carbonyl (C=O) groups excluding carboxylic acids is 2. The first-order chi connectivity index (χ1) is 17.3. The Morgan fingerprint density at radius 1 is 0.889 bits per heavy atom. The van der Waals surface area contributed by atoms with Gasteiger partial charge in [-0.3, -0.25) is 9.59 Å². The van der Waals surface area contributed by atoms with Gasteiger partial charge < -0.3 is 19.3 Å². The van der Waals surface area contributed by atoms with E-state index in [1.807, 2.05) is 30.3 Å². The number of rotatable bonds is 10. The van der Waals surface area contributed by atoms with Crippen LogP contribution in [0.4, 0.5) is 13.2 Å². The van der Waals surface area contributed by atoms with E-state index in [9.17, 15) is 27.9 Å². The van der Waals surface area contributed by atoms with Crippen molar-refractivity contribution in [2.75, 3.05) is 20.0 Å². The zero-order chi connectivity index (χ0) is 25.7. The minimum Gasteiger partial charge on any atom is -0.506 e. The lowest BCUT2D eigenvalue weighted by Crippen LogP contribution is -2.30. The molecule has 1 N–H and O–H groups in total. The Morgan fingerprint density at radius 3 is 2.22 bits per heavy atom. The first-order valence-electron chi connectivity index (χ1n) is 11.7. The van der Waals surface area contributed by atoms with Gasteiger partial charge in [0.15, 0.2) is 11.6 Å². The number of ketones is 2. The predicted octanol–water partition coefficient (Wildman–Crippen LogP) is 5.25. The van der Waals surface area contributed by atoms with Crippen LogP contribution in [0, 0.1) is 11.8 Å². The highest BCUT2D eigenvalue weighted by Gasteiger charge is 2.45. The topological polar surface area (TPSA) is 82.1 Å². The van der Waals surface area contributed by atoms with Crippen LogP contribution in [0.1, 0.15) is 41.5 Å². The molecule has 2 atom stereocenters. The van der Waals surface area contributed by atoms with Crippen molar-refractivity contribution in [2.24, 2.45) is 11.8 Å². The number of aliphatic hydroxyl groups excluding tert-OH is 1. The van der Waals surface area contributed by atoms with Crippen LogP contribution < -0.4 is 0 Å². The minimum atomic E-state index is -4.61. The molecule has 2 aromatic rings. The summed E-state index contributed by atoms with van der Waals surface area (Å²) in [6.07, 6.45) is -2.99. The zero-order valence-corrected chi connectivity index (χ0v) is 19.6. The third-order valence-electron chi connectivity index (χ3n) is 6.50. The summed E-state index contributed by atoms with van der Waals surface area (Å²) >= 11 is 0. The van der Waals surface area contributed by atoms with Gasteiger partial charge in [0.25, 0.3) is 0 Å². The van der Waals surface area contributed by atoms with Crippen LogP contribution in [0.3, 0.4) is 0 Å². The number of alkyl halides is 3. The molecule has 0 saturated heterocycles. The van der Waals surface area contributed by atoms with Crippen LogP contribution in [-0.4, -0.2) is 36.7 Å². The molecule has 2 aliphatic rings. The number of carbonyl (C=O) groups is 2. The van der Waals surface area contributed by atoms with Crippen molar-refractivity contribution in [3.05, 3.63) is 76.4 Å². The summed E-state index contributed by atoms with van der Waals surface area (Å²) in [6.45, 7) is 0.315. The number of allylic oxidation sites excluding steroid dienone is 1. The van der Waals surface area contributed by atoms with E-state index in [1.54, 1.807) is 0 Å². The molecule has 0 spiro atoms. The highest BCUT2D eigenvalue weighted by molar-refractivity contribution is 6.27. The van der Waals surface area contributed by atoms with E-state index in [0.717, 1.165) is 23.8 Å². The summed E-state index contributed by atoms with van der Waals surface area (Å²) in [7, 11) is 0. The molecule has 2 aromatic carbocycles. The summed E-state index contributed by atoms with van der Waals surface area (Å²) in [6, 6.07) is 12.3. The van der Waals surface area contributed by atoms with Crippen molar-refractivity contribution in [1.82, 2.24) is 0 Å². The molecule has 192 valence electrons. The van der Waals surface area contributed by atoms with Crippen LogP contribution in [0.2, 0.25) is 0 Å². The molecule has 4 rings (SSSR count). The second-order valence-corrected chi connectivity index (χ2v) is 8.94. The molecule has 9 heteroatoms. The van der Waals surface area contributed by atoms with Gasteiger partial charge in [0.05, 0.1) is 32.0 Å². The van der Waals surface area contributed by atoms with Crippen molar-refractivity contribution in [3.8, 4) is 0 Å². The standard InChI is InChI=1S/C27H27F3O6/c28-27(29,30)21-8-9-22(26(33)23-24(31)18-6-7-19(12-18)25(23)32)20(13-21)15-34-10-11-35-16-36-14-17-4-2-1-3-5-17/h1-5,8-9,13,18-19,33H,6-7,10-12,14-16H2. The lowest BCUT2D eigenvalue weighted by Gasteiger charge is -2.21. The van der Waals surface area contributed by atoms with Gasteiger partial charge >= 0.3 is 6.18 Å². The second kappa shape index (κ2) is 11.4. The molecule has 0 amide bonds. The van der Waals surface area contributed by atoms with Crippen LogP contribution in [0.15, 0.2) is 54.1 Å². The summed E-state index contributed by atoms with van der Waals surface area (Å²) in [5.41, 5.74) is -0.240. The quantitative estimate of drug-likeness (QED) is 0.157. The normalized spacial score (nSPS) is 19.7. The molecule has 36 heavy (non-hydrogen) atoms. The molecule has 0 aromatic heterocycles. The van der Waals surface area contributed by atoms with E-state index in [2.05, 4.69) is 0 Å². The summed E-state index contributed by atoms with van der Waals surface area (Å²) in [5, 5.41) is 10.9. The molecule has 2 aliphatic carbocycles. The maximum Gasteiger partial charge on any atom is 0.416 e. The SMILES string of the molecule is O=C1C(=C(O)c2ccc(C(F)(F)F)cc2COCCOCOCc2ccccc2)C(=O)C2CCC1C2. The molecule has 0 radical (unpaired) electrons. The summed E-state index contributed by atoms with van der Waals surface area (Å²) < 4.78 is 56.2. The Bertz CT molecular complexity index is 1100. The van der Waals surface area contributed by atoms with E-state index >= 15 is 0 Å². The molecule has 0 aliphatic heterocycles. The van der Waals surface area contributed by atoms with Gasteiger partial charge in [0.1, 0.15) is 18.1 Å². The van der Waals surface area contributed by atoms with Gasteiger partial charge in [-0.15, -0.1) is 0 Å². The van der Waals surface area contributed by atoms with Gasteiger partial charge in [-0.25, -0.2) is 0 Å². The van der Waals surface area contributed by atoms with Gasteiger partial charge in [-0.1, -0.05) is 36.4 Å². The molecule has 6 nitrogen and oxygen atoms in total. The van der Waals surface area contributed by atoms with Gasteiger partial charge in [0.2, 0.25) is 0 Å². The van der Waals surface area contributed by atoms with Crippen molar-refractivity contribution in [2.45, 2.75) is 38.7 Å². The maximum absolute atomic E-state index is 13.3. The fourth-order valence-corrected chi connectivity index (χ4v) is 4.63. The smallest absolute Gasteiger partial charge is 0.416 e. The van der Waals surface area contributed by atoms with Crippen molar-refractivity contribution in [3.63, 3.8) is 0 Å². The Hall–Kier alpha value is -3.01. The van der Waals surface area contributed by atoms with E-state index in [-0.39, 0.29) is 55.1 Å². The minimum absolute atomic E-state index is 0.0203. The van der Waals surface area contributed by atoms with Gasteiger partial charge in [-0.2, -0.15) is 13.2 Å². The van der Waals surface area contributed by atoms with Crippen LogP contribution in [0.5, 0.6) is 0 Å². The van der Waals surface area contributed by atoms with Crippen molar-refractivity contribution in [1.29, 1.82) is 0 Å². The maximum atomic E-state index is 13.3. The zero-order valence-electron chi connectivity index (χ0n) is 19.6. The fraction of sp³-hybridized carbons (Fsp3) is 0.407. The van der Waals surface area contributed by atoms with Crippen LogP contribution >= 0.6 is 0 Å². The summed E-state index contributed by atoms with van der Waals surface area (Å²) in [4.78, 5) is 25.5. The first kappa shape index (κ1) is 26.1. The van der Waals surface area contributed by atoms with E-state index in [4.69, 9.17) is 14.2 Å². The van der Waals surface area contributed by atoms with Crippen molar-refractivity contribution >= 4 is 17.3 Å². The molecule has 2 unspecified atom stereocenters. The van der Waals surface area contributed by atoms with Crippen LogP contribution in [0.25, 0.3) is 5.76 Å². The van der Waals surface area contributed by atoms with E-state index in [0.29, 0.717) is 25.9 Å². The van der Waals surface area contributed by atoms with Crippen molar-refractivity contribution < 1.29 is 42.1 Å². The van der Waals surface area contributed by atoms with Crippen LogP contribution in [-0.2, 0) is 43.2 Å². The fourth-order valence-electron chi connectivity index (χ4n) is 4.63. The number of fused-ring (bicyclic) bond motifs is 2. The molecule has 2 saturated carbocycles. The predicted molar refractivity (Wildman–Crippen MR) is 124 cm³/mol. The number of aliphatic hydroxyl groups is 1. The Kier molecular flexibility index (Phi) is 8.23. The first-order valence-corrected chi connectivity index (χ1v) is 11.7. The molecular formula is C27H27F3O6. The Balaban J connectivity index is 1.40. The highest BCUT2D eigenvalue weighted by Crippen LogP contribution is 2.42. The van der Waals surface area contributed by atoms with E-state index < -0.39 is 29.1 Å². The Labute approximate surface area is 206 Å². The van der Waals surface area contributed by atoms with E-state index in [1.165, 1.54) is 0 Å². The summed E-state index contributed by atoms with van der Waals surface area (Å²) in [5.74, 6) is -2.14. The average Bonchev–Trinajstić information content (AvgIpc) is 3.32. The average molecular weight is 505 g/mol. The number of benzene rings is 2.